The molecule has 7 atom stereocenters. The zero-order chi connectivity index (χ0) is 20.3. The zero-order valence-corrected chi connectivity index (χ0v) is 17.2. The smallest absolute Gasteiger partial charge is 0.304 e. The quantitative estimate of drug-likeness (QED) is 0.580. The van der Waals surface area contributed by atoms with Gasteiger partial charge in [0, 0.05) is 24.7 Å². The van der Waals surface area contributed by atoms with Crippen LogP contribution in [0.15, 0.2) is 11.6 Å². The standard InChI is InChI=1S/C23H32O5/c1-13(24)28-16-6-8-22(2)15(12-16)4-5-17-18(22)7-9-23(3)19(17)10-14(21(23)27)11-20(25)26/h4,14,16-19H,5-12H2,1-3H3,(H,25,26). The fourth-order valence-electron chi connectivity index (χ4n) is 7.29. The van der Waals surface area contributed by atoms with Crippen molar-refractivity contribution >= 4 is 17.7 Å². The highest BCUT2D eigenvalue weighted by Crippen LogP contribution is 2.65. The van der Waals surface area contributed by atoms with Crippen LogP contribution in [0, 0.1) is 34.5 Å². The molecular formula is C23H32O5. The van der Waals surface area contributed by atoms with Crippen molar-refractivity contribution in [3.05, 3.63) is 11.6 Å². The SMILES string of the molecule is CC(=O)OC1CCC2(C)C(=CCC3C4CC(CC(=O)O)C(=O)C4(C)CCC32)C1. The van der Waals surface area contributed by atoms with Crippen molar-refractivity contribution < 1.29 is 24.2 Å². The first-order chi connectivity index (χ1) is 13.1. The Kier molecular flexibility index (Phi) is 4.71. The minimum absolute atomic E-state index is 0.00441. The molecule has 7 unspecified atom stereocenters. The lowest BCUT2D eigenvalue weighted by atomic mass is 9.48. The molecular weight excluding hydrogens is 356 g/mol. The second-order valence-corrected chi connectivity index (χ2v) is 10.1. The molecule has 0 aromatic rings. The number of aliphatic carboxylic acids is 1. The number of Topliss-reactive ketones (excluding diaryl/α,β-unsaturated/α-hetero) is 1. The van der Waals surface area contributed by atoms with Gasteiger partial charge in [-0.3, -0.25) is 14.4 Å². The van der Waals surface area contributed by atoms with E-state index in [1.54, 1.807) is 0 Å². The molecule has 28 heavy (non-hydrogen) atoms. The number of ketones is 1. The number of esters is 1. The Labute approximate surface area is 166 Å². The van der Waals surface area contributed by atoms with Gasteiger partial charge in [-0.05, 0) is 61.7 Å². The summed E-state index contributed by atoms with van der Waals surface area (Å²) in [6, 6.07) is 0. The highest BCUT2D eigenvalue weighted by molar-refractivity contribution is 5.92. The van der Waals surface area contributed by atoms with Crippen molar-refractivity contribution in [1.29, 1.82) is 0 Å². The number of hydrogen-bond donors (Lipinski definition) is 1. The normalized spacial score (nSPS) is 44.8. The van der Waals surface area contributed by atoms with E-state index >= 15 is 0 Å². The lowest BCUT2D eigenvalue weighted by Crippen LogP contribution is -2.50. The second kappa shape index (κ2) is 6.70. The summed E-state index contributed by atoms with van der Waals surface area (Å²) in [4.78, 5) is 35.7. The first kappa shape index (κ1) is 19.7. The Morgan fingerprint density at radius 3 is 2.57 bits per heavy atom. The molecule has 3 fully saturated rings. The molecule has 154 valence electrons. The molecule has 5 nitrogen and oxygen atoms in total. The van der Waals surface area contributed by atoms with E-state index in [1.807, 2.05) is 0 Å². The van der Waals surface area contributed by atoms with Crippen LogP contribution in [-0.2, 0) is 19.1 Å². The Balaban J connectivity index is 1.58. The van der Waals surface area contributed by atoms with Crippen LogP contribution < -0.4 is 0 Å². The highest BCUT2D eigenvalue weighted by Gasteiger charge is 2.61. The summed E-state index contributed by atoms with van der Waals surface area (Å²) in [6.07, 6.45) is 8.71. The highest BCUT2D eigenvalue weighted by atomic mass is 16.5. The van der Waals surface area contributed by atoms with Gasteiger partial charge in [-0.1, -0.05) is 25.5 Å². The third-order valence-corrected chi connectivity index (χ3v) is 8.67. The Morgan fingerprint density at radius 1 is 1.18 bits per heavy atom. The number of allylic oxidation sites excluding steroid dienone is 1. The number of rotatable bonds is 3. The number of ether oxygens (including phenoxy) is 1. The van der Waals surface area contributed by atoms with Gasteiger partial charge in [0.25, 0.3) is 0 Å². The molecule has 0 spiro atoms. The van der Waals surface area contributed by atoms with E-state index in [0.717, 1.165) is 44.9 Å². The predicted molar refractivity (Wildman–Crippen MR) is 103 cm³/mol. The summed E-state index contributed by atoms with van der Waals surface area (Å²) >= 11 is 0. The van der Waals surface area contributed by atoms with Gasteiger partial charge in [0.05, 0.1) is 6.42 Å². The second-order valence-electron chi connectivity index (χ2n) is 10.1. The van der Waals surface area contributed by atoms with Gasteiger partial charge in [-0.2, -0.15) is 0 Å². The van der Waals surface area contributed by atoms with Gasteiger partial charge >= 0.3 is 11.9 Å². The Hall–Kier alpha value is -1.65. The molecule has 4 rings (SSSR count). The maximum Gasteiger partial charge on any atom is 0.304 e. The van der Waals surface area contributed by atoms with E-state index in [4.69, 9.17) is 4.74 Å². The monoisotopic (exact) mass is 388 g/mol. The summed E-state index contributed by atoms with van der Waals surface area (Å²) in [6.45, 7) is 5.94. The molecule has 0 aromatic heterocycles. The van der Waals surface area contributed by atoms with E-state index in [-0.39, 0.29) is 41.0 Å². The van der Waals surface area contributed by atoms with E-state index in [0.29, 0.717) is 17.8 Å². The third-order valence-electron chi connectivity index (χ3n) is 8.67. The van der Waals surface area contributed by atoms with E-state index in [2.05, 4.69) is 19.9 Å². The summed E-state index contributed by atoms with van der Waals surface area (Å²) in [5.41, 5.74) is 1.20. The number of fused-ring (bicyclic) bond motifs is 5. The Morgan fingerprint density at radius 2 is 1.89 bits per heavy atom. The number of carboxylic acids is 1. The van der Waals surface area contributed by atoms with Crippen LogP contribution in [0.3, 0.4) is 0 Å². The molecule has 5 heteroatoms. The fourth-order valence-corrected chi connectivity index (χ4v) is 7.29. The lowest BCUT2D eigenvalue weighted by molar-refractivity contribution is -0.148. The van der Waals surface area contributed by atoms with Gasteiger partial charge in [-0.25, -0.2) is 0 Å². The summed E-state index contributed by atoms with van der Waals surface area (Å²) in [5.74, 6) is 0.106. The Bertz CT molecular complexity index is 739. The summed E-state index contributed by atoms with van der Waals surface area (Å²) < 4.78 is 5.49. The summed E-state index contributed by atoms with van der Waals surface area (Å²) in [5, 5.41) is 9.23. The largest absolute Gasteiger partial charge is 0.481 e. The predicted octanol–water partition coefficient (Wildman–Crippen LogP) is 4.15. The van der Waals surface area contributed by atoms with E-state index in [9.17, 15) is 19.5 Å². The van der Waals surface area contributed by atoms with Crippen molar-refractivity contribution in [2.75, 3.05) is 0 Å². The van der Waals surface area contributed by atoms with Gasteiger partial charge in [0.1, 0.15) is 11.9 Å². The van der Waals surface area contributed by atoms with Crippen LogP contribution >= 0.6 is 0 Å². The van der Waals surface area contributed by atoms with Crippen LogP contribution in [-0.4, -0.2) is 28.9 Å². The van der Waals surface area contributed by atoms with Crippen LogP contribution in [0.25, 0.3) is 0 Å². The van der Waals surface area contributed by atoms with Crippen molar-refractivity contribution in [3.63, 3.8) is 0 Å². The third kappa shape index (κ3) is 2.93. The molecule has 0 saturated heterocycles. The average molecular weight is 389 g/mol. The molecule has 0 amide bonds. The van der Waals surface area contributed by atoms with Crippen LogP contribution in [0.4, 0.5) is 0 Å². The minimum atomic E-state index is -0.862. The number of carbonyl (C=O) groups is 3. The van der Waals surface area contributed by atoms with Crippen LogP contribution in [0.1, 0.15) is 72.1 Å². The minimum Gasteiger partial charge on any atom is -0.481 e. The number of carboxylic acid groups (broad SMARTS) is 1. The average Bonchev–Trinajstić information content (AvgIpc) is 2.86. The first-order valence-electron chi connectivity index (χ1n) is 10.8. The lowest BCUT2D eigenvalue weighted by Gasteiger charge is -2.56. The van der Waals surface area contributed by atoms with Crippen molar-refractivity contribution in [2.24, 2.45) is 34.5 Å². The molecule has 0 heterocycles. The van der Waals surface area contributed by atoms with Gasteiger partial charge < -0.3 is 9.84 Å². The maximum atomic E-state index is 13.1. The van der Waals surface area contributed by atoms with Gasteiger partial charge in [0.2, 0.25) is 0 Å². The molecule has 1 N–H and O–H groups in total. The van der Waals surface area contributed by atoms with Crippen molar-refractivity contribution in [1.82, 2.24) is 0 Å². The molecule has 3 saturated carbocycles. The zero-order valence-electron chi connectivity index (χ0n) is 17.2. The molecule has 0 aliphatic heterocycles. The molecule has 4 aliphatic carbocycles. The van der Waals surface area contributed by atoms with E-state index < -0.39 is 5.97 Å². The number of hydrogen-bond acceptors (Lipinski definition) is 4. The number of carbonyl (C=O) groups excluding carboxylic acids is 2. The van der Waals surface area contributed by atoms with Crippen LogP contribution in [0.2, 0.25) is 0 Å². The van der Waals surface area contributed by atoms with E-state index in [1.165, 1.54) is 12.5 Å². The van der Waals surface area contributed by atoms with Crippen molar-refractivity contribution in [3.8, 4) is 0 Å². The molecule has 4 aliphatic rings. The van der Waals surface area contributed by atoms with Gasteiger partial charge in [-0.15, -0.1) is 0 Å². The fraction of sp³-hybridized carbons (Fsp3) is 0.783. The van der Waals surface area contributed by atoms with Crippen molar-refractivity contribution in [2.45, 2.75) is 78.2 Å². The van der Waals surface area contributed by atoms with Crippen LogP contribution in [0.5, 0.6) is 0 Å². The maximum absolute atomic E-state index is 13.1. The molecule has 0 bridgehead atoms. The topological polar surface area (TPSA) is 80.7 Å². The molecule has 0 aromatic carbocycles. The summed E-state index contributed by atoms with van der Waals surface area (Å²) in [7, 11) is 0. The van der Waals surface area contributed by atoms with Gasteiger partial charge in [0.15, 0.2) is 0 Å². The first-order valence-corrected chi connectivity index (χ1v) is 10.8. The molecule has 0 radical (unpaired) electrons.